The second-order valence-electron chi connectivity index (χ2n) is 3.78. The summed E-state index contributed by atoms with van der Waals surface area (Å²) >= 11 is 5.81. The molecule has 17 heavy (non-hydrogen) atoms. The molecule has 2 aromatic rings. The summed E-state index contributed by atoms with van der Waals surface area (Å²) in [4.78, 5) is 10.2. The van der Waals surface area contributed by atoms with Crippen molar-refractivity contribution in [3.63, 3.8) is 0 Å². The van der Waals surface area contributed by atoms with Gasteiger partial charge in [0.2, 0.25) is 0 Å². The van der Waals surface area contributed by atoms with Crippen LogP contribution in [0.3, 0.4) is 0 Å². The number of anilines is 2. The van der Waals surface area contributed by atoms with Gasteiger partial charge in [-0.1, -0.05) is 11.6 Å². The van der Waals surface area contributed by atoms with Crippen molar-refractivity contribution < 1.29 is 0 Å². The highest BCUT2D eigenvalue weighted by Gasteiger charge is 2.07. The van der Waals surface area contributed by atoms with Crippen LogP contribution in [0.25, 0.3) is 0 Å². The molecule has 0 radical (unpaired) electrons. The summed E-state index contributed by atoms with van der Waals surface area (Å²) in [6.45, 7) is 0.724. The maximum Gasteiger partial charge on any atom is 0.151 e. The Balaban J connectivity index is 2.17. The molecule has 88 valence electrons. The number of nitrogen functional groups attached to an aromatic ring is 1. The van der Waals surface area contributed by atoms with Crippen LogP contribution in [0.15, 0.2) is 36.8 Å². The second kappa shape index (κ2) is 5.01. The van der Waals surface area contributed by atoms with Gasteiger partial charge in [0.05, 0.1) is 10.7 Å². The first-order chi connectivity index (χ1) is 8.16. The Labute approximate surface area is 105 Å². The zero-order valence-corrected chi connectivity index (χ0v) is 10.2. The third-order valence-corrected chi connectivity index (χ3v) is 2.60. The van der Waals surface area contributed by atoms with Crippen molar-refractivity contribution >= 4 is 23.1 Å². The SMILES string of the molecule is CN(Cc1ccncc1)c1ncc(Cl)cc1N. The summed E-state index contributed by atoms with van der Waals surface area (Å²) in [5.41, 5.74) is 7.60. The maximum absolute atomic E-state index is 5.87. The number of pyridine rings is 2. The third kappa shape index (κ3) is 2.85. The monoisotopic (exact) mass is 248 g/mol. The normalized spacial score (nSPS) is 10.2. The van der Waals surface area contributed by atoms with Gasteiger partial charge in [-0.2, -0.15) is 0 Å². The highest BCUT2D eigenvalue weighted by atomic mass is 35.5. The van der Waals surface area contributed by atoms with E-state index in [0.717, 1.165) is 17.9 Å². The van der Waals surface area contributed by atoms with Crippen LogP contribution in [-0.2, 0) is 6.54 Å². The molecule has 0 aliphatic heterocycles. The van der Waals surface area contributed by atoms with Gasteiger partial charge in [0.25, 0.3) is 0 Å². The second-order valence-corrected chi connectivity index (χ2v) is 4.21. The van der Waals surface area contributed by atoms with Crippen molar-refractivity contribution in [2.45, 2.75) is 6.54 Å². The Morgan fingerprint density at radius 3 is 2.71 bits per heavy atom. The number of hydrogen-bond donors (Lipinski definition) is 1. The number of rotatable bonds is 3. The van der Waals surface area contributed by atoms with Gasteiger partial charge in [0.15, 0.2) is 5.82 Å². The Morgan fingerprint density at radius 1 is 1.35 bits per heavy atom. The van der Waals surface area contributed by atoms with E-state index in [1.54, 1.807) is 24.7 Å². The van der Waals surface area contributed by atoms with Crippen LogP contribution in [0.1, 0.15) is 5.56 Å². The average molecular weight is 249 g/mol. The Bertz CT molecular complexity index is 501. The van der Waals surface area contributed by atoms with Gasteiger partial charge in [-0.05, 0) is 23.8 Å². The van der Waals surface area contributed by atoms with Gasteiger partial charge >= 0.3 is 0 Å². The van der Waals surface area contributed by atoms with E-state index in [0.29, 0.717) is 10.7 Å². The standard InChI is InChI=1S/C12H13ClN4/c1-17(8-9-2-4-15-5-3-9)12-11(14)6-10(13)7-16-12/h2-7H,8,14H2,1H3. The fraction of sp³-hybridized carbons (Fsp3) is 0.167. The molecule has 0 fully saturated rings. The van der Waals surface area contributed by atoms with E-state index in [1.165, 1.54) is 0 Å². The largest absolute Gasteiger partial charge is 0.396 e. The lowest BCUT2D eigenvalue weighted by Crippen LogP contribution is -2.19. The predicted octanol–water partition coefficient (Wildman–Crippen LogP) is 2.35. The number of nitrogens with zero attached hydrogens (tertiary/aromatic N) is 3. The van der Waals surface area contributed by atoms with Gasteiger partial charge in [-0.25, -0.2) is 4.98 Å². The molecule has 0 saturated heterocycles. The van der Waals surface area contributed by atoms with Crippen molar-refractivity contribution in [3.05, 3.63) is 47.4 Å². The molecule has 5 heteroatoms. The van der Waals surface area contributed by atoms with Gasteiger partial charge in [0.1, 0.15) is 0 Å². The van der Waals surface area contributed by atoms with Crippen LogP contribution in [0.4, 0.5) is 11.5 Å². The Hall–Kier alpha value is -1.81. The summed E-state index contributed by atoms with van der Waals surface area (Å²) in [7, 11) is 1.94. The molecule has 0 atom stereocenters. The van der Waals surface area contributed by atoms with Gasteiger partial charge < -0.3 is 10.6 Å². The molecule has 2 heterocycles. The first kappa shape index (κ1) is 11.7. The van der Waals surface area contributed by atoms with Crippen LogP contribution in [0.5, 0.6) is 0 Å². The minimum atomic E-state index is 0.545. The molecular weight excluding hydrogens is 236 g/mol. The number of nitrogens with two attached hydrogens (primary N) is 1. The number of aromatic nitrogens is 2. The zero-order chi connectivity index (χ0) is 12.3. The van der Waals surface area contributed by atoms with Crippen LogP contribution in [-0.4, -0.2) is 17.0 Å². The molecule has 0 aliphatic rings. The highest BCUT2D eigenvalue weighted by molar-refractivity contribution is 6.30. The summed E-state index contributed by atoms with van der Waals surface area (Å²) in [5.74, 6) is 0.728. The van der Waals surface area contributed by atoms with Crippen molar-refractivity contribution in [2.24, 2.45) is 0 Å². The number of hydrogen-bond acceptors (Lipinski definition) is 4. The molecule has 2 rings (SSSR count). The van der Waals surface area contributed by atoms with Crippen molar-refractivity contribution in [1.29, 1.82) is 0 Å². The topological polar surface area (TPSA) is 55.0 Å². The van der Waals surface area contributed by atoms with E-state index in [-0.39, 0.29) is 0 Å². The van der Waals surface area contributed by atoms with Crippen molar-refractivity contribution in [2.75, 3.05) is 17.7 Å². The van der Waals surface area contributed by atoms with E-state index in [1.807, 2.05) is 24.1 Å². The third-order valence-electron chi connectivity index (χ3n) is 2.39. The number of halogens is 1. The summed E-state index contributed by atoms with van der Waals surface area (Å²) in [6, 6.07) is 5.62. The van der Waals surface area contributed by atoms with Crippen molar-refractivity contribution in [1.82, 2.24) is 9.97 Å². The van der Waals surface area contributed by atoms with Crippen LogP contribution < -0.4 is 10.6 Å². The molecular formula is C12H13ClN4. The molecule has 0 spiro atoms. The van der Waals surface area contributed by atoms with Crippen LogP contribution in [0.2, 0.25) is 5.02 Å². The molecule has 0 saturated carbocycles. The molecule has 0 aromatic carbocycles. The molecule has 0 aliphatic carbocycles. The lowest BCUT2D eigenvalue weighted by Gasteiger charge is -2.19. The van der Waals surface area contributed by atoms with Crippen LogP contribution >= 0.6 is 11.6 Å². The minimum absolute atomic E-state index is 0.545. The molecule has 0 amide bonds. The summed E-state index contributed by atoms with van der Waals surface area (Å²) in [6.07, 6.45) is 5.12. The molecule has 2 aromatic heterocycles. The smallest absolute Gasteiger partial charge is 0.151 e. The van der Waals surface area contributed by atoms with E-state index in [4.69, 9.17) is 17.3 Å². The quantitative estimate of drug-likeness (QED) is 0.906. The van der Waals surface area contributed by atoms with Crippen molar-refractivity contribution in [3.8, 4) is 0 Å². The fourth-order valence-corrected chi connectivity index (χ4v) is 1.77. The predicted molar refractivity (Wildman–Crippen MR) is 70.0 cm³/mol. The van der Waals surface area contributed by atoms with E-state index in [9.17, 15) is 0 Å². The summed E-state index contributed by atoms with van der Waals surface area (Å²) in [5, 5.41) is 0.545. The molecule has 2 N–H and O–H groups in total. The molecule has 0 unspecified atom stereocenters. The van der Waals surface area contributed by atoms with Gasteiger partial charge in [-0.3, -0.25) is 4.98 Å². The van der Waals surface area contributed by atoms with E-state index < -0.39 is 0 Å². The molecule has 4 nitrogen and oxygen atoms in total. The first-order valence-corrected chi connectivity index (χ1v) is 5.55. The van der Waals surface area contributed by atoms with E-state index >= 15 is 0 Å². The fourth-order valence-electron chi connectivity index (χ4n) is 1.60. The lowest BCUT2D eigenvalue weighted by molar-refractivity contribution is 0.897. The van der Waals surface area contributed by atoms with Gasteiger partial charge in [0, 0.05) is 32.2 Å². The Morgan fingerprint density at radius 2 is 2.06 bits per heavy atom. The zero-order valence-electron chi connectivity index (χ0n) is 9.47. The molecule has 0 bridgehead atoms. The lowest BCUT2D eigenvalue weighted by atomic mass is 10.2. The van der Waals surface area contributed by atoms with Crippen LogP contribution in [0, 0.1) is 0 Å². The average Bonchev–Trinajstić information content (AvgIpc) is 2.30. The van der Waals surface area contributed by atoms with Gasteiger partial charge in [-0.15, -0.1) is 0 Å². The summed E-state index contributed by atoms with van der Waals surface area (Å²) < 4.78 is 0. The maximum atomic E-state index is 5.87. The van der Waals surface area contributed by atoms with E-state index in [2.05, 4.69) is 9.97 Å². The minimum Gasteiger partial charge on any atom is -0.396 e. The first-order valence-electron chi connectivity index (χ1n) is 5.18. The Kier molecular flexibility index (Phi) is 3.44. The highest BCUT2D eigenvalue weighted by Crippen LogP contribution is 2.23.